The maximum atomic E-state index is 11.8. The molecule has 2 nitrogen and oxygen atoms in total. The lowest BCUT2D eigenvalue weighted by atomic mass is 9.69. The van der Waals surface area contributed by atoms with E-state index in [4.69, 9.17) is 11.6 Å². The molecule has 2 rings (SSSR count). The SMILES string of the molecule is CC1(CO)C2CCC1(CCl)C(=O)C2. The van der Waals surface area contributed by atoms with Crippen molar-refractivity contribution in [1.82, 2.24) is 0 Å². The second kappa shape index (κ2) is 2.71. The van der Waals surface area contributed by atoms with E-state index in [1.165, 1.54) is 0 Å². The maximum Gasteiger partial charge on any atom is 0.141 e. The average Bonchev–Trinajstić information content (AvgIpc) is 2.53. The van der Waals surface area contributed by atoms with E-state index in [0.717, 1.165) is 12.8 Å². The van der Waals surface area contributed by atoms with Crippen LogP contribution in [0.3, 0.4) is 0 Å². The fourth-order valence-corrected chi connectivity index (χ4v) is 3.78. The number of carbonyl (C=O) groups excluding carboxylic acids is 1. The highest BCUT2D eigenvalue weighted by molar-refractivity contribution is 6.20. The molecule has 0 spiro atoms. The van der Waals surface area contributed by atoms with Crippen molar-refractivity contribution in [2.75, 3.05) is 12.5 Å². The Kier molecular flexibility index (Phi) is 1.97. The van der Waals surface area contributed by atoms with E-state index in [0.29, 0.717) is 18.2 Å². The van der Waals surface area contributed by atoms with Crippen LogP contribution in [0.25, 0.3) is 0 Å². The van der Waals surface area contributed by atoms with Crippen LogP contribution in [-0.4, -0.2) is 23.4 Å². The number of aliphatic hydroxyl groups excluding tert-OH is 1. The van der Waals surface area contributed by atoms with Gasteiger partial charge in [0, 0.05) is 24.3 Å². The van der Waals surface area contributed by atoms with Crippen LogP contribution in [0.4, 0.5) is 0 Å². The number of aliphatic hydroxyl groups is 1. The smallest absolute Gasteiger partial charge is 0.141 e. The highest BCUT2D eigenvalue weighted by Crippen LogP contribution is 2.64. The van der Waals surface area contributed by atoms with Gasteiger partial charge in [0.2, 0.25) is 0 Å². The van der Waals surface area contributed by atoms with Crippen molar-refractivity contribution in [1.29, 1.82) is 0 Å². The first-order chi connectivity index (χ1) is 6.10. The minimum atomic E-state index is -0.409. The Balaban J connectivity index is 2.45. The first-order valence-electron chi connectivity index (χ1n) is 4.81. The number of alkyl halides is 1. The van der Waals surface area contributed by atoms with Gasteiger partial charge in [-0.2, -0.15) is 0 Å². The predicted molar refractivity (Wildman–Crippen MR) is 50.7 cm³/mol. The van der Waals surface area contributed by atoms with Crippen molar-refractivity contribution >= 4 is 17.4 Å². The summed E-state index contributed by atoms with van der Waals surface area (Å²) in [5, 5.41) is 9.41. The maximum absolute atomic E-state index is 11.8. The number of carbonyl (C=O) groups is 1. The van der Waals surface area contributed by atoms with Crippen molar-refractivity contribution in [3.63, 3.8) is 0 Å². The summed E-state index contributed by atoms with van der Waals surface area (Å²) >= 11 is 5.92. The number of hydrogen-bond donors (Lipinski definition) is 1. The molecule has 74 valence electrons. The Morgan fingerprint density at radius 1 is 1.69 bits per heavy atom. The molecule has 3 atom stereocenters. The fraction of sp³-hybridized carbons (Fsp3) is 0.900. The predicted octanol–water partition coefficient (Wildman–Crippen LogP) is 1.59. The van der Waals surface area contributed by atoms with E-state index in [-0.39, 0.29) is 17.8 Å². The lowest BCUT2D eigenvalue weighted by Gasteiger charge is -2.36. The summed E-state index contributed by atoms with van der Waals surface area (Å²) in [6.07, 6.45) is 2.55. The van der Waals surface area contributed by atoms with Crippen LogP contribution in [0, 0.1) is 16.7 Å². The Morgan fingerprint density at radius 2 is 2.38 bits per heavy atom. The number of halogens is 1. The molecule has 0 saturated heterocycles. The monoisotopic (exact) mass is 202 g/mol. The molecule has 0 radical (unpaired) electrons. The van der Waals surface area contributed by atoms with E-state index in [9.17, 15) is 9.90 Å². The van der Waals surface area contributed by atoms with Crippen LogP contribution in [0.15, 0.2) is 0 Å². The van der Waals surface area contributed by atoms with Crippen molar-refractivity contribution in [3.05, 3.63) is 0 Å². The van der Waals surface area contributed by atoms with Crippen molar-refractivity contribution < 1.29 is 9.90 Å². The number of fused-ring (bicyclic) bond motifs is 2. The fourth-order valence-electron chi connectivity index (χ4n) is 3.19. The molecular weight excluding hydrogens is 188 g/mol. The van der Waals surface area contributed by atoms with E-state index >= 15 is 0 Å². The molecule has 2 fully saturated rings. The van der Waals surface area contributed by atoms with Crippen molar-refractivity contribution in [2.45, 2.75) is 26.2 Å². The van der Waals surface area contributed by atoms with E-state index in [1.54, 1.807) is 0 Å². The van der Waals surface area contributed by atoms with Gasteiger partial charge in [0.25, 0.3) is 0 Å². The van der Waals surface area contributed by atoms with Gasteiger partial charge in [0.1, 0.15) is 5.78 Å². The van der Waals surface area contributed by atoms with Gasteiger partial charge in [0.05, 0.1) is 5.41 Å². The molecule has 2 aliphatic rings. The van der Waals surface area contributed by atoms with Gasteiger partial charge < -0.3 is 5.11 Å². The van der Waals surface area contributed by atoms with Gasteiger partial charge >= 0.3 is 0 Å². The molecule has 13 heavy (non-hydrogen) atoms. The standard InChI is InChI=1S/C10H15ClO2/c1-9(6-12)7-2-3-10(9,5-11)8(13)4-7/h7,12H,2-6H2,1H3. The topological polar surface area (TPSA) is 37.3 Å². The van der Waals surface area contributed by atoms with E-state index in [1.807, 2.05) is 6.92 Å². The minimum absolute atomic E-state index is 0.0934. The number of hydrogen-bond acceptors (Lipinski definition) is 2. The Bertz CT molecular complexity index is 253. The summed E-state index contributed by atoms with van der Waals surface area (Å²) in [5.74, 6) is 1.01. The quantitative estimate of drug-likeness (QED) is 0.691. The van der Waals surface area contributed by atoms with Crippen LogP contribution < -0.4 is 0 Å². The van der Waals surface area contributed by atoms with Gasteiger partial charge in [-0.15, -0.1) is 11.6 Å². The zero-order chi connectivity index (χ0) is 9.69. The van der Waals surface area contributed by atoms with Gasteiger partial charge in [-0.25, -0.2) is 0 Å². The van der Waals surface area contributed by atoms with E-state index in [2.05, 4.69) is 0 Å². The lowest BCUT2D eigenvalue weighted by molar-refractivity contribution is -0.129. The molecular formula is C10H15ClO2. The molecule has 0 aromatic heterocycles. The molecule has 0 heterocycles. The van der Waals surface area contributed by atoms with Crippen molar-refractivity contribution in [3.8, 4) is 0 Å². The molecule has 0 amide bonds. The third-order valence-electron chi connectivity index (χ3n) is 4.44. The van der Waals surface area contributed by atoms with Crippen LogP contribution in [-0.2, 0) is 4.79 Å². The highest BCUT2D eigenvalue weighted by Gasteiger charge is 2.65. The molecule has 2 bridgehead atoms. The van der Waals surface area contributed by atoms with E-state index < -0.39 is 5.41 Å². The second-order valence-corrected chi connectivity index (χ2v) is 4.92. The zero-order valence-corrected chi connectivity index (χ0v) is 8.60. The van der Waals surface area contributed by atoms with Crippen molar-refractivity contribution in [2.24, 2.45) is 16.7 Å². The molecule has 0 aliphatic heterocycles. The highest BCUT2D eigenvalue weighted by atomic mass is 35.5. The molecule has 3 unspecified atom stereocenters. The largest absolute Gasteiger partial charge is 0.396 e. The van der Waals surface area contributed by atoms with Gasteiger partial charge in [-0.3, -0.25) is 4.79 Å². The molecule has 0 aromatic rings. The molecule has 2 saturated carbocycles. The summed E-state index contributed by atoms with van der Waals surface area (Å²) in [6, 6.07) is 0. The number of rotatable bonds is 2. The second-order valence-electron chi connectivity index (χ2n) is 4.65. The Morgan fingerprint density at radius 3 is 2.77 bits per heavy atom. The number of Topliss-reactive ketones (excluding diaryl/α,β-unsaturated/α-hetero) is 1. The first-order valence-corrected chi connectivity index (χ1v) is 5.34. The molecule has 3 heteroatoms. The summed E-state index contributed by atoms with van der Waals surface area (Å²) in [5.41, 5.74) is -0.653. The number of ketones is 1. The zero-order valence-electron chi connectivity index (χ0n) is 7.85. The summed E-state index contributed by atoms with van der Waals surface area (Å²) < 4.78 is 0. The minimum Gasteiger partial charge on any atom is -0.396 e. The Hall–Kier alpha value is -0.0800. The van der Waals surface area contributed by atoms with Crippen LogP contribution in [0.2, 0.25) is 0 Å². The van der Waals surface area contributed by atoms with Gasteiger partial charge in [-0.05, 0) is 18.8 Å². The van der Waals surface area contributed by atoms with Crippen LogP contribution >= 0.6 is 11.6 Å². The average molecular weight is 203 g/mol. The molecule has 0 aromatic carbocycles. The van der Waals surface area contributed by atoms with Crippen LogP contribution in [0.1, 0.15) is 26.2 Å². The molecule has 2 aliphatic carbocycles. The van der Waals surface area contributed by atoms with Gasteiger partial charge in [0.15, 0.2) is 0 Å². The summed E-state index contributed by atoms with van der Waals surface area (Å²) in [6.45, 7) is 2.11. The first kappa shape index (κ1) is 9.47. The third-order valence-corrected chi connectivity index (χ3v) is 4.89. The van der Waals surface area contributed by atoms with Crippen LogP contribution in [0.5, 0.6) is 0 Å². The normalized spacial score (nSPS) is 48.8. The third kappa shape index (κ3) is 0.861. The summed E-state index contributed by atoms with van der Waals surface area (Å²) in [7, 11) is 0. The summed E-state index contributed by atoms with van der Waals surface area (Å²) in [4.78, 5) is 11.8. The molecule has 1 N–H and O–H groups in total. The Labute approximate surface area is 83.3 Å². The lowest BCUT2D eigenvalue weighted by Crippen LogP contribution is -2.41. The van der Waals surface area contributed by atoms with Gasteiger partial charge in [-0.1, -0.05) is 6.92 Å².